The quantitative estimate of drug-likeness (QED) is 0.0389. The smallest absolute Gasteiger partial charge is 0.243 e. The fourth-order valence-corrected chi connectivity index (χ4v) is 10.3. The summed E-state index contributed by atoms with van der Waals surface area (Å²) < 4.78 is 0. The molecule has 0 rings (SSSR count). The first-order valence-corrected chi connectivity index (χ1v) is 32.5. The summed E-state index contributed by atoms with van der Waals surface area (Å²) in [5.41, 5.74) is 5.67. The maximum absolute atomic E-state index is 14.5. The number of nitrogens with two attached hydrogens (primary N) is 1. The fourth-order valence-electron chi connectivity index (χ4n) is 10.3. The lowest BCUT2D eigenvalue weighted by molar-refractivity contribution is -0.132. The molecule has 494 valence electrons. The van der Waals surface area contributed by atoms with E-state index < -0.39 is 47.9 Å². The second-order valence-electron chi connectivity index (χ2n) is 23.2. The van der Waals surface area contributed by atoms with Crippen LogP contribution in [0, 0.1) is 11.8 Å². The Balaban J connectivity index is 6.46. The minimum atomic E-state index is -0.961. The molecule has 0 bridgehead atoms. The summed E-state index contributed by atoms with van der Waals surface area (Å²) in [5.74, 6) is -3.00. The molecule has 0 spiro atoms. The number of hydrogen-bond donors (Lipinski definition) is 14. The van der Waals surface area contributed by atoms with Gasteiger partial charge < -0.3 is 74.9 Å². The molecule has 0 heterocycles. The van der Waals surface area contributed by atoms with Crippen molar-refractivity contribution in [1.29, 1.82) is 0 Å². The van der Waals surface area contributed by atoms with Crippen molar-refractivity contribution in [3.05, 3.63) is 0 Å². The maximum atomic E-state index is 14.5. The van der Waals surface area contributed by atoms with Crippen molar-refractivity contribution in [3.8, 4) is 0 Å². The predicted octanol–water partition coefficient (Wildman–Crippen LogP) is 2.29. The number of Topliss-reactive ketones (excluding diaryl/α,β-unsaturated/α-hetero) is 3. The number of amides is 6. The number of ketones is 3. The van der Waals surface area contributed by atoms with Crippen LogP contribution in [0.15, 0.2) is 0 Å². The molecule has 0 saturated carbocycles. The summed E-state index contributed by atoms with van der Waals surface area (Å²) in [6.07, 6.45) is 16.3. The van der Waals surface area contributed by atoms with Gasteiger partial charge in [0.25, 0.3) is 0 Å². The first kappa shape index (κ1) is 80.5. The molecule has 0 aromatic rings. The second kappa shape index (κ2) is 52.6. The number of hydrogen-bond acceptors (Lipinski definition) is 17. The van der Waals surface area contributed by atoms with Crippen molar-refractivity contribution in [2.45, 2.75) is 236 Å². The number of carbonyl (C=O) groups excluding carboxylic acids is 9. The number of unbranched alkanes of at least 4 members (excludes halogenated alkanes) is 9. The van der Waals surface area contributed by atoms with Gasteiger partial charge in [-0.2, -0.15) is 0 Å². The first-order chi connectivity index (χ1) is 40.9. The third kappa shape index (κ3) is 39.1. The van der Waals surface area contributed by atoms with Crippen LogP contribution in [0.25, 0.3) is 0 Å². The summed E-state index contributed by atoms with van der Waals surface area (Å²) in [4.78, 5) is 121. The molecule has 0 saturated heterocycles. The van der Waals surface area contributed by atoms with Gasteiger partial charge in [-0.05, 0) is 192 Å². The zero-order chi connectivity index (χ0) is 63.6. The number of nitrogens with one attached hydrogen (secondary N) is 13. The molecule has 0 fully saturated rings. The largest absolute Gasteiger partial charge is 0.369 e. The molecule has 0 aliphatic heterocycles. The van der Waals surface area contributed by atoms with Gasteiger partial charge >= 0.3 is 0 Å². The van der Waals surface area contributed by atoms with Crippen molar-refractivity contribution in [2.24, 2.45) is 17.6 Å². The van der Waals surface area contributed by atoms with E-state index >= 15 is 0 Å². The third-order valence-electron chi connectivity index (χ3n) is 16.0. The molecule has 85 heavy (non-hydrogen) atoms. The SMILES string of the molecule is CNCCCCC(NC)C(=O)CCCCCC(NC(=O)C(CCCCNC)NC)C(=O)NC(CCCCNC(=O)C(CCCNC(=O)C(CCCCNC)NC)NC(=O)C(CCCCNC)NC)C(=O)CCCCCC(CC(=O)C(C)C)C(N)=O. The van der Waals surface area contributed by atoms with Gasteiger partial charge in [-0.1, -0.05) is 65.2 Å². The van der Waals surface area contributed by atoms with Gasteiger partial charge in [-0.3, -0.25) is 43.2 Å². The lowest BCUT2D eigenvalue weighted by Gasteiger charge is -2.25. The monoisotopic (exact) mass is 1210 g/mol. The zero-order valence-corrected chi connectivity index (χ0v) is 54.5. The Hall–Kier alpha value is -4.49. The first-order valence-electron chi connectivity index (χ1n) is 32.5. The molecule has 15 N–H and O–H groups in total. The molecule has 0 aromatic carbocycles. The minimum Gasteiger partial charge on any atom is -0.369 e. The number of carbonyl (C=O) groups is 9. The van der Waals surface area contributed by atoms with Crippen LogP contribution in [0.4, 0.5) is 0 Å². The molecule has 8 atom stereocenters. The summed E-state index contributed by atoms with van der Waals surface area (Å²) in [5, 5.41) is 39.9. The van der Waals surface area contributed by atoms with Gasteiger partial charge in [0.05, 0.1) is 30.2 Å². The Kier molecular flexibility index (Phi) is 49.8. The van der Waals surface area contributed by atoms with Crippen molar-refractivity contribution >= 4 is 52.8 Å². The number of rotatable bonds is 59. The van der Waals surface area contributed by atoms with Crippen LogP contribution in [0.5, 0.6) is 0 Å². The highest BCUT2D eigenvalue weighted by Crippen LogP contribution is 2.19. The normalized spacial score (nSPS) is 14.3. The van der Waals surface area contributed by atoms with Crippen LogP contribution in [0.3, 0.4) is 0 Å². The van der Waals surface area contributed by atoms with Crippen LogP contribution in [0.2, 0.25) is 0 Å². The average Bonchev–Trinajstić information content (AvgIpc) is 3.52. The summed E-state index contributed by atoms with van der Waals surface area (Å²) in [7, 11) is 14.6. The Bertz CT molecular complexity index is 1850. The highest BCUT2D eigenvalue weighted by atomic mass is 16.2. The number of likely N-dealkylation sites (N-methyl/N-ethyl adjacent to an activating group) is 4. The molecular weight excluding hydrogens is 1080 g/mol. The second-order valence-corrected chi connectivity index (χ2v) is 23.2. The summed E-state index contributed by atoms with van der Waals surface area (Å²) >= 11 is 0. The van der Waals surface area contributed by atoms with Crippen LogP contribution >= 0.6 is 0 Å². The molecule has 8 unspecified atom stereocenters. The van der Waals surface area contributed by atoms with E-state index in [9.17, 15) is 43.2 Å². The molecular formula is C62H122N14O9. The van der Waals surface area contributed by atoms with E-state index in [-0.39, 0.29) is 97.6 Å². The van der Waals surface area contributed by atoms with E-state index in [4.69, 9.17) is 5.73 Å². The standard InChI is InChI=1S/C62H122N14O9/c1-45(2)56(79)44-46(57(63)80)28-13-11-15-37-55(78)48(74-62(85)53(76-61(84)51(71-10)33-20-25-41-67-6)34-14-12-16-36-54(77)47(68-7)29-17-22-38-64-3)30-21-26-42-72-59(82)52(75-60(83)50(70-9)32-19-24-40-66-5)35-27-43-73-58(81)49(69-8)31-18-23-39-65-4/h45-53,64-71H,11-44H2,1-10H3,(H2,63,80)(H,72,82)(H,73,81)(H,74,85)(H,75,83)(H,76,84). The Labute approximate surface area is 512 Å². The molecule has 23 nitrogen and oxygen atoms in total. The Morgan fingerprint density at radius 2 is 0.612 bits per heavy atom. The van der Waals surface area contributed by atoms with Gasteiger partial charge in [0.15, 0.2) is 5.78 Å². The Morgan fingerprint density at radius 3 is 1.04 bits per heavy atom. The van der Waals surface area contributed by atoms with Crippen LogP contribution in [-0.4, -0.2) is 191 Å². The van der Waals surface area contributed by atoms with E-state index in [1.165, 1.54) is 0 Å². The van der Waals surface area contributed by atoms with Crippen molar-refractivity contribution in [1.82, 2.24) is 69.1 Å². The maximum Gasteiger partial charge on any atom is 0.243 e. The highest BCUT2D eigenvalue weighted by Gasteiger charge is 2.30. The van der Waals surface area contributed by atoms with E-state index in [1.54, 1.807) is 42.0 Å². The summed E-state index contributed by atoms with van der Waals surface area (Å²) in [6.45, 7) is 7.49. The minimum absolute atomic E-state index is 0.0318. The zero-order valence-electron chi connectivity index (χ0n) is 54.5. The van der Waals surface area contributed by atoms with Crippen molar-refractivity contribution in [2.75, 3.05) is 95.6 Å². The van der Waals surface area contributed by atoms with Crippen LogP contribution < -0.4 is 74.9 Å². The predicted molar refractivity (Wildman–Crippen MR) is 341 cm³/mol. The van der Waals surface area contributed by atoms with Gasteiger partial charge in [0.2, 0.25) is 35.4 Å². The lowest BCUT2D eigenvalue weighted by atomic mass is 9.91. The van der Waals surface area contributed by atoms with E-state index in [2.05, 4.69) is 69.1 Å². The molecule has 0 aliphatic carbocycles. The van der Waals surface area contributed by atoms with Crippen molar-refractivity contribution in [3.63, 3.8) is 0 Å². The molecule has 0 radical (unpaired) electrons. The fraction of sp³-hybridized carbons (Fsp3) is 0.855. The van der Waals surface area contributed by atoms with Gasteiger partial charge in [0.1, 0.15) is 23.7 Å². The average molecular weight is 1210 g/mol. The van der Waals surface area contributed by atoms with Gasteiger partial charge in [-0.25, -0.2) is 0 Å². The molecule has 0 aromatic heterocycles. The van der Waals surface area contributed by atoms with E-state index in [1.807, 2.05) is 28.2 Å². The molecule has 6 amide bonds. The van der Waals surface area contributed by atoms with Crippen LogP contribution in [0.1, 0.15) is 194 Å². The van der Waals surface area contributed by atoms with E-state index in [0.29, 0.717) is 96.4 Å². The van der Waals surface area contributed by atoms with Gasteiger partial charge in [-0.15, -0.1) is 0 Å². The number of primary amides is 1. The van der Waals surface area contributed by atoms with Crippen LogP contribution in [-0.2, 0) is 43.2 Å². The topological polar surface area (TPSA) is 336 Å². The molecule has 0 aliphatic rings. The highest BCUT2D eigenvalue weighted by molar-refractivity contribution is 5.94. The molecule has 23 heteroatoms. The Morgan fingerprint density at radius 1 is 0.306 bits per heavy atom. The van der Waals surface area contributed by atoms with Crippen molar-refractivity contribution < 1.29 is 43.2 Å². The summed E-state index contributed by atoms with van der Waals surface area (Å²) in [6, 6.07) is -4.39. The van der Waals surface area contributed by atoms with E-state index in [0.717, 1.165) is 84.0 Å². The van der Waals surface area contributed by atoms with Gasteiger partial charge in [0, 0.05) is 44.2 Å². The lowest BCUT2D eigenvalue weighted by Crippen LogP contribution is -2.54. The third-order valence-corrected chi connectivity index (χ3v) is 16.0.